The van der Waals surface area contributed by atoms with E-state index in [1.54, 1.807) is 4.31 Å². The Morgan fingerprint density at radius 1 is 1.05 bits per heavy atom. The van der Waals surface area contributed by atoms with Gasteiger partial charge >= 0.3 is 0 Å². The molecule has 3 fully saturated rings. The van der Waals surface area contributed by atoms with Crippen LogP contribution in [0.15, 0.2) is 0 Å². The average Bonchev–Trinajstić information content (AvgIpc) is 3.21. The van der Waals surface area contributed by atoms with Crippen LogP contribution in [0.4, 0.5) is 0 Å². The largest absolute Gasteiger partial charge is 0.380 e. The summed E-state index contributed by atoms with van der Waals surface area (Å²) in [5.74, 6) is 0. The van der Waals surface area contributed by atoms with E-state index in [0.29, 0.717) is 32.7 Å². The van der Waals surface area contributed by atoms with Crippen molar-refractivity contribution in [3.63, 3.8) is 0 Å². The molecule has 0 aromatic heterocycles. The molecular formula is C15H28N2O4S. The first-order valence-corrected chi connectivity index (χ1v) is 10.1. The zero-order valence-electron chi connectivity index (χ0n) is 13.3. The highest BCUT2D eigenvalue weighted by atomic mass is 32.2. The number of hydrogen-bond acceptors (Lipinski definition) is 5. The minimum absolute atomic E-state index is 0.217. The molecule has 3 saturated heterocycles. The SMILES string of the molecule is O=S(=O)(C1CCOC1)N1CCC(OCCN2CCCC2)CC1. The van der Waals surface area contributed by atoms with Gasteiger partial charge in [-0.25, -0.2) is 12.7 Å². The Bertz CT molecular complexity index is 436. The number of piperidine rings is 1. The zero-order valence-corrected chi connectivity index (χ0v) is 14.1. The highest BCUT2D eigenvalue weighted by Gasteiger charge is 2.36. The van der Waals surface area contributed by atoms with Crippen LogP contribution in [0.5, 0.6) is 0 Å². The summed E-state index contributed by atoms with van der Waals surface area (Å²) in [6, 6.07) is 0. The van der Waals surface area contributed by atoms with Crippen molar-refractivity contribution in [1.82, 2.24) is 9.21 Å². The van der Waals surface area contributed by atoms with Gasteiger partial charge < -0.3 is 14.4 Å². The van der Waals surface area contributed by atoms with Gasteiger partial charge in [0.25, 0.3) is 0 Å². The summed E-state index contributed by atoms with van der Waals surface area (Å²) in [4.78, 5) is 2.44. The van der Waals surface area contributed by atoms with Gasteiger partial charge in [-0.05, 0) is 45.2 Å². The molecule has 0 aromatic carbocycles. The van der Waals surface area contributed by atoms with E-state index in [2.05, 4.69) is 4.90 Å². The second-order valence-corrected chi connectivity index (χ2v) is 8.76. The Morgan fingerprint density at radius 3 is 2.41 bits per heavy atom. The molecule has 0 amide bonds. The number of sulfonamides is 1. The van der Waals surface area contributed by atoms with E-state index < -0.39 is 10.0 Å². The Hall–Kier alpha value is -0.210. The Kier molecular flexibility index (Phi) is 5.73. The van der Waals surface area contributed by atoms with Crippen LogP contribution in [0.2, 0.25) is 0 Å². The van der Waals surface area contributed by atoms with Crippen LogP contribution in [0.1, 0.15) is 32.1 Å². The summed E-state index contributed by atoms with van der Waals surface area (Å²) in [6.07, 6.45) is 5.09. The first-order valence-electron chi connectivity index (χ1n) is 8.57. The third-order valence-electron chi connectivity index (χ3n) is 5.03. The third-order valence-corrected chi connectivity index (χ3v) is 7.33. The summed E-state index contributed by atoms with van der Waals surface area (Å²) in [6.45, 7) is 6.29. The van der Waals surface area contributed by atoms with Gasteiger partial charge in [-0.3, -0.25) is 0 Å². The number of likely N-dealkylation sites (tertiary alicyclic amines) is 1. The number of ether oxygens (including phenoxy) is 2. The molecule has 0 aliphatic carbocycles. The van der Waals surface area contributed by atoms with Gasteiger partial charge in [-0.15, -0.1) is 0 Å². The summed E-state index contributed by atoms with van der Waals surface area (Å²) >= 11 is 0. The normalized spacial score (nSPS) is 29.4. The third kappa shape index (κ3) is 4.00. The maximum absolute atomic E-state index is 12.5. The summed E-state index contributed by atoms with van der Waals surface area (Å²) in [5.41, 5.74) is 0. The molecule has 3 rings (SSSR count). The minimum Gasteiger partial charge on any atom is -0.380 e. The number of rotatable bonds is 6. The van der Waals surface area contributed by atoms with Gasteiger partial charge in [0, 0.05) is 26.2 Å². The van der Waals surface area contributed by atoms with Crippen molar-refractivity contribution in [2.75, 3.05) is 52.5 Å². The molecule has 0 saturated carbocycles. The molecule has 22 heavy (non-hydrogen) atoms. The van der Waals surface area contributed by atoms with Crippen LogP contribution >= 0.6 is 0 Å². The summed E-state index contributed by atoms with van der Waals surface area (Å²) in [7, 11) is -3.17. The van der Waals surface area contributed by atoms with E-state index in [1.807, 2.05) is 0 Å². The van der Waals surface area contributed by atoms with Gasteiger partial charge in [-0.1, -0.05) is 0 Å². The van der Waals surface area contributed by atoms with E-state index in [-0.39, 0.29) is 11.4 Å². The fourth-order valence-corrected chi connectivity index (χ4v) is 5.37. The molecule has 0 N–H and O–H groups in total. The molecule has 6 nitrogen and oxygen atoms in total. The van der Waals surface area contributed by atoms with Crippen molar-refractivity contribution in [2.45, 2.75) is 43.5 Å². The Balaban J connectivity index is 1.38. The molecule has 3 heterocycles. The van der Waals surface area contributed by atoms with E-state index in [9.17, 15) is 8.42 Å². The lowest BCUT2D eigenvalue weighted by atomic mass is 10.1. The van der Waals surface area contributed by atoms with Crippen molar-refractivity contribution in [3.8, 4) is 0 Å². The van der Waals surface area contributed by atoms with Gasteiger partial charge in [0.2, 0.25) is 10.0 Å². The predicted octanol–water partition coefficient (Wildman–Crippen LogP) is 0.682. The van der Waals surface area contributed by atoms with E-state index in [4.69, 9.17) is 9.47 Å². The van der Waals surface area contributed by atoms with Crippen molar-refractivity contribution in [3.05, 3.63) is 0 Å². The van der Waals surface area contributed by atoms with Crippen LogP contribution in [0, 0.1) is 0 Å². The molecule has 128 valence electrons. The zero-order chi connectivity index (χ0) is 15.4. The molecule has 3 aliphatic rings. The molecule has 0 aromatic rings. The van der Waals surface area contributed by atoms with Gasteiger partial charge in [0.15, 0.2) is 0 Å². The fraction of sp³-hybridized carbons (Fsp3) is 1.00. The van der Waals surface area contributed by atoms with Crippen LogP contribution in [0.3, 0.4) is 0 Å². The van der Waals surface area contributed by atoms with Crippen LogP contribution in [-0.4, -0.2) is 81.5 Å². The second-order valence-electron chi connectivity index (χ2n) is 6.55. The van der Waals surface area contributed by atoms with Crippen LogP contribution < -0.4 is 0 Å². The van der Waals surface area contributed by atoms with Crippen molar-refractivity contribution < 1.29 is 17.9 Å². The fourth-order valence-electron chi connectivity index (χ4n) is 3.57. The molecule has 1 unspecified atom stereocenters. The summed E-state index contributed by atoms with van der Waals surface area (Å²) < 4.78 is 37.8. The Labute approximate surface area is 133 Å². The predicted molar refractivity (Wildman–Crippen MR) is 84.4 cm³/mol. The van der Waals surface area contributed by atoms with Crippen LogP contribution in [-0.2, 0) is 19.5 Å². The molecule has 3 aliphatic heterocycles. The maximum atomic E-state index is 12.5. The molecule has 0 bridgehead atoms. The van der Waals surface area contributed by atoms with Gasteiger partial charge in [0.05, 0.1) is 19.3 Å². The van der Waals surface area contributed by atoms with Crippen molar-refractivity contribution in [1.29, 1.82) is 0 Å². The molecule has 0 radical (unpaired) electrons. The lowest BCUT2D eigenvalue weighted by molar-refractivity contribution is 0.0124. The van der Waals surface area contributed by atoms with Crippen LogP contribution in [0.25, 0.3) is 0 Å². The second kappa shape index (κ2) is 7.57. The standard InChI is InChI=1S/C15H28N2O4S/c18-22(19,15-5-11-20-13-15)17-8-3-14(4-9-17)21-12-10-16-6-1-2-7-16/h14-15H,1-13H2. The van der Waals surface area contributed by atoms with Crippen molar-refractivity contribution in [2.24, 2.45) is 0 Å². The van der Waals surface area contributed by atoms with Gasteiger partial charge in [-0.2, -0.15) is 0 Å². The minimum atomic E-state index is -3.17. The Morgan fingerprint density at radius 2 is 1.77 bits per heavy atom. The molecule has 1 atom stereocenters. The van der Waals surface area contributed by atoms with E-state index in [1.165, 1.54) is 25.9 Å². The molecule has 0 spiro atoms. The number of hydrogen-bond donors (Lipinski definition) is 0. The van der Waals surface area contributed by atoms with Gasteiger partial charge in [0.1, 0.15) is 5.25 Å². The maximum Gasteiger partial charge on any atom is 0.219 e. The molecular weight excluding hydrogens is 304 g/mol. The average molecular weight is 332 g/mol. The van der Waals surface area contributed by atoms with Crippen molar-refractivity contribution >= 4 is 10.0 Å². The lowest BCUT2D eigenvalue weighted by Crippen LogP contribution is -2.45. The highest BCUT2D eigenvalue weighted by molar-refractivity contribution is 7.89. The quantitative estimate of drug-likeness (QED) is 0.716. The first-order chi connectivity index (χ1) is 10.7. The van der Waals surface area contributed by atoms with E-state index >= 15 is 0 Å². The molecule has 7 heteroatoms. The lowest BCUT2D eigenvalue weighted by Gasteiger charge is -2.32. The highest BCUT2D eigenvalue weighted by Crippen LogP contribution is 2.23. The smallest absolute Gasteiger partial charge is 0.219 e. The first kappa shape index (κ1) is 16.6. The summed E-state index contributed by atoms with van der Waals surface area (Å²) in [5, 5.41) is -0.333. The van der Waals surface area contributed by atoms with E-state index in [0.717, 1.165) is 26.0 Å². The topological polar surface area (TPSA) is 59.1 Å². The number of nitrogens with zero attached hydrogens (tertiary/aromatic N) is 2. The monoisotopic (exact) mass is 332 g/mol.